The van der Waals surface area contributed by atoms with E-state index in [-0.39, 0.29) is 18.5 Å². The number of halogens is 2. The third kappa shape index (κ3) is 4.04. The molecule has 0 aromatic heterocycles. The van der Waals surface area contributed by atoms with Gasteiger partial charge in [0.25, 0.3) is 0 Å². The zero-order chi connectivity index (χ0) is 14.4. The minimum atomic E-state index is -0.332. The zero-order valence-corrected chi connectivity index (χ0v) is 11.8. The van der Waals surface area contributed by atoms with Gasteiger partial charge in [-0.2, -0.15) is 0 Å². The molecule has 2 N–H and O–H groups in total. The molecule has 1 atom stereocenters. The molecule has 0 heterocycles. The lowest BCUT2D eigenvalue weighted by molar-refractivity contribution is 0.240. The van der Waals surface area contributed by atoms with E-state index in [0.717, 1.165) is 5.56 Å². The molecule has 0 bridgehead atoms. The van der Waals surface area contributed by atoms with Gasteiger partial charge < -0.3 is 10.4 Å². The first-order valence-corrected chi connectivity index (χ1v) is 6.89. The van der Waals surface area contributed by atoms with Crippen LogP contribution in [0.15, 0.2) is 48.5 Å². The number of nitrogens with one attached hydrogen (secondary N) is 1. The minimum Gasteiger partial charge on any atom is -0.395 e. The summed E-state index contributed by atoms with van der Waals surface area (Å²) in [6, 6.07) is 14.4. The van der Waals surface area contributed by atoms with Crippen LogP contribution in [0.3, 0.4) is 0 Å². The van der Waals surface area contributed by atoms with Gasteiger partial charge in [0.15, 0.2) is 0 Å². The Balaban J connectivity index is 1.97. The first-order valence-electron chi connectivity index (χ1n) is 6.51. The molecule has 0 aliphatic rings. The fraction of sp³-hybridized carbons (Fsp3) is 0.250. The van der Waals surface area contributed by atoms with E-state index in [1.54, 1.807) is 12.1 Å². The molecule has 0 aliphatic heterocycles. The highest BCUT2D eigenvalue weighted by atomic mass is 35.5. The number of hydrogen-bond donors (Lipinski definition) is 2. The average molecular weight is 294 g/mol. The van der Waals surface area contributed by atoms with E-state index < -0.39 is 0 Å². The summed E-state index contributed by atoms with van der Waals surface area (Å²) in [4.78, 5) is 0. The Bertz CT molecular complexity index is 527. The molecule has 106 valence electrons. The molecule has 0 radical (unpaired) electrons. The summed E-state index contributed by atoms with van der Waals surface area (Å²) in [5.74, 6) is -0.332. The first-order chi connectivity index (χ1) is 9.70. The molecule has 2 nitrogen and oxygen atoms in total. The third-order valence-corrected chi connectivity index (χ3v) is 3.53. The van der Waals surface area contributed by atoms with Crippen molar-refractivity contribution >= 4 is 11.6 Å². The predicted octanol–water partition coefficient (Wildman–Crippen LogP) is 3.17. The van der Waals surface area contributed by atoms with Gasteiger partial charge in [-0.1, -0.05) is 48.0 Å². The summed E-state index contributed by atoms with van der Waals surface area (Å²) in [6.45, 7) is 0.282. The monoisotopic (exact) mass is 293 g/mol. The van der Waals surface area contributed by atoms with E-state index in [9.17, 15) is 9.50 Å². The number of rotatable bonds is 6. The maximum Gasteiger partial charge on any atom is 0.129 e. The van der Waals surface area contributed by atoms with Crippen LogP contribution in [0.5, 0.6) is 0 Å². The molecular weight excluding hydrogens is 277 g/mol. The van der Waals surface area contributed by atoms with Crippen LogP contribution in [-0.4, -0.2) is 17.8 Å². The van der Waals surface area contributed by atoms with Crippen molar-refractivity contribution in [1.29, 1.82) is 0 Å². The van der Waals surface area contributed by atoms with E-state index in [1.807, 2.05) is 30.3 Å². The molecule has 2 rings (SSSR count). The highest BCUT2D eigenvalue weighted by Gasteiger charge is 2.11. The Morgan fingerprint density at radius 2 is 1.85 bits per heavy atom. The number of benzene rings is 2. The van der Waals surface area contributed by atoms with Gasteiger partial charge in [0.2, 0.25) is 0 Å². The van der Waals surface area contributed by atoms with E-state index in [2.05, 4.69) is 5.32 Å². The van der Waals surface area contributed by atoms with Crippen LogP contribution in [0.1, 0.15) is 11.1 Å². The average Bonchev–Trinajstić information content (AvgIpc) is 2.46. The minimum absolute atomic E-state index is 0.0129. The molecule has 20 heavy (non-hydrogen) atoms. The van der Waals surface area contributed by atoms with Crippen molar-refractivity contribution in [3.63, 3.8) is 0 Å². The Morgan fingerprint density at radius 1 is 1.10 bits per heavy atom. The van der Waals surface area contributed by atoms with Crippen LogP contribution >= 0.6 is 11.6 Å². The normalized spacial score (nSPS) is 12.3. The van der Waals surface area contributed by atoms with E-state index in [0.29, 0.717) is 23.6 Å². The quantitative estimate of drug-likeness (QED) is 0.857. The molecule has 2 aromatic carbocycles. The Hall–Kier alpha value is -1.42. The van der Waals surface area contributed by atoms with Gasteiger partial charge in [-0.25, -0.2) is 4.39 Å². The predicted molar refractivity (Wildman–Crippen MR) is 79.3 cm³/mol. The number of hydrogen-bond acceptors (Lipinski definition) is 2. The Morgan fingerprint density at radius 3 is 2.50 bits per heavy atom. The van der Waals surface area contributed by atoms with Gasteiger partial charge >= 0.3 is 0 Å². The first kappa shape index (κ1) is 15.0. The summed E-state index contributed by atoms with van der Waals surface area (Å²) in [7, 11) is 0. The fourth-order valence-electron chi connectivity index (χ4n) is 2.05. The molecule has 0 saturated carbocycles. The summed E-state index contributed by atoms with van der Waals surface area (Å²) in [6.07, 6.45) is 0.684. The summed E-state index contributed by atoms with van der Waals surface area (Å²) >= 11 is 5.97. The Kier molecular flexibility index (Phi) is 5.53. The number of aliphatic hydroxyl groups is 1. The smallest absolute Gasteiger partial charge is 0.129 e. The summed E-state index contributed by atoms with van der Waals surface area (Å²) in [5.41, 5.74) is 1.55. The lowest BCUT2D eigenvalue weighted by atomic mass is 10.1. The van der Waals surface area contributed by atoms with Crippen LogP contribution in [0.4, 0.5) is 4.39 Å². The second-order valence-electron chi connectivity index (χ2n) is 4.65. The van der Waals surface area contributed by atoms with Gasteiger partial charge in [-0.3, -0.25) is 0 Å². The van der Waals surface area contributed by atoms with Crippen molar-refractivity contribution in [2.24, 2.45) is 0 Å². The second kappa shape index (κ2) is 7.39. The van der Waals surface area contributed by atoms with Crippen LogP contribution in [0, 0.1) is 5.82 Å². The van der Waals surface area contributed by atoms with Crippen molar-refractivity contribution in [3.8, 4) is 0 Å². The van der Waals surface area contributed by atoms with E-state index >= 15 is 0 Å². The lowest BCUT2D eigenvalue weighted by Gasteiger charge is -2.17. The van der Waals surface area contributed by atoms with Crippen molar-refractivity contribution in [2.45, 2.75) is 19.0 Å². The van der Waals surface area contributed by atoms with Crippen LogP contribution in [0.2, 0.25) is 5.02 Å². The van der Waals surface area contributed by atoms with Gasteiger partial charge in [0.1, 0.15) is 5.82 Å². The van der Waals surface area contributed by atoms with Gasteiger partial charge in [0, 0.05) is 23.2 Å². The van der Waals surface area contributed by atoms with E-state index in [1.165, 1.54) is 6.07 Å². The van der Waals surface area contributed by atoms with Crippen LogP contribution in [-0.2, 0) is 13.0 Å². The highest BCUT2D eigenvalue weighted by Crippen LogP contribution is 2.18. The summed E-state index contributed by atoms with van der Waals surface area (Å²) < 4.78 is 13.6. The standard InChI is InChI=1S/C16H17ClFNO/c17-15-7-4-8-16(18)14(15)10-19-13(11-20)9-12-5-2-1-3-6-12/h1-8,13,19-20H,9-11H2/t13-/m0/s1. The maximum atomic E-state index is 13.6. The fourth-order valence-corrected chi connectivity index (χ4v) is 2.28. The van der Waals surface area contributed by atoms with Gasteiger partial charge in [-0.05, 0) is 24.1 Å². The van der Waals surface area contributed by atoms with E-state index in [4.69, 9.17) is 11.6 Å². The van der Waals surface area contributed by atoms with Crippen LogP contribution < -0.4 is 5.32 Å². The van der Waals surface area contributed by atoms with Gasteiger partial charge in [0.05, 0.1) is 6.61 Å². The van der Waals surface area contributed by atoms with Crippen molar-refractivity contribution < 1.29 is 9.50 Å². The van der Waals surface area contributed by atoms with Crippen LogP contribution in [0.25, 0.3) is 0 Å². The third-order valence-electron chi connectivity index (χ3n) is 3.17. The topological polar surface area (TPSA) is 32.3 Å². The molecule has 0 saturated heterocycles. The SMILES string of the molecule is OC[C@H](Cc1ccccc1)NCc1c(F)cccc1Cl. The largest absolute Gasteiger partial charge is 0.395 e. The molecule has 0 unspecified atom stereocenters. The molecule has 2 aromatic rings. The molecule has 0 amide bonds. The van der Waals surface area contributed by atoms with Gasteiger partial charge in [-0.15, -0.1) is 0 Å². The van der Waals surface area contributed by atoms with Crippen molar-refractivity contribution in [1.82, 2.24) is 5.32 Å². The lowest BCUT2D eigenvalue weighted by Crippen LogP contribution is -2.34. The van der Waals surface area contributed by atoms with Crippen molar-refractivity contribution in [3.05, 3.63) is 70.5 Å². The zero-order valence-electron chi connectivity index (χ0n) is 11.0. The molecule has 0 fully saturated rings. The Labute approximate surface area is 123 Å². The molecular formula is C16H17ClFNO. The molecule has 0 aliphatic carbocycles. The highest BCUT2D eigenvalue weighted by molar-refractivity contribution is 6.31. The molecule has 0 spiro atoms. The molecule has 4 heteroatoms. The van der Waals surface area contributed by atoms with Crippen molar-refractivity contribution in [2.75, 3.05) is 6.61 Å². The maximum absolute atomic E-state index is 13.6. The number of aliphatic hydroxyl groups excluding tert-OH is 1. The second-order valence-corrected chi connectivity index (χ2v) is 5.06. The summed E-state index contributed by atoms with van der Waals surface area (Å²) in [5, 5.41) is 13.0.